The number of anilines is 1. The fourth-order valence-corrected chi connectivity index (χ4v) is 5.97. The number of aromatic carboxylic acids is 1. The monoisotopic (exact) mass is 464 g/mol. The number of carbonyl (C=O) groups excluding carboxylic acids is 1. The average Bonchev–Trinajstić information content (AvgIpc) is 3.29. The lowest BCUT2D eigenvalue weighted by Crippen LogP contribution is -2.44. The Morgan fingerprint density at radius 2 is 1.84 bits per heavy atom. The van der Waals surface area contributed by atoms with Gasteiger partial charge in [-0.25, -0.2) is 13.2 Å². The summed E-state index contributed by atoms with van der Waals surface area (Å²) in [6.45, 7) is 1.44. The van der Waals surface area contributed by atoms with Crippen LogP contribution < -0.4 is 9.62 Å². The van der Waals surface area contributed by atoms with E-state index in [0.29, 0.717) is 34.7 Å². The number of carboxylic acids is 1. The summed E-state index contributed by atoms with van der Waals surface area (Å²) in [6.07, 6.45) is 2.83. The van der Waals surface area contributed by atoms with Crippen molar-refractivity contribution in [3.05, 3.63) is 64.2 Å². The third-order valence-corrected chi connectivity index (χ3v) is 8.15. The van der Waals surface area contributed by atoms with E-state index in [0.717, 1.165) is 17.1 Å². The summed E-state index contributed by atoms with van der Waals surface area (Å²) in [5, 5.41) is 11.7. The molecule has 0 spiro atoms. The van der Waals surface area contributed by atoms with E-state index in [1.807, 2.05) is 0 Å². The molecule has 1 saturated carbocycles. The second kappa shape index (κ2) is 9.70. The Morgan fingerprint density at radius 1 is 1.16 bits per heavy atom. The van der Waals surface area contributed by atoms with Crippen molar-refractivity contribution < 1.29 is 23.1 Å². The highest BCUT2D eigenvalue weighted by Gasteiger charge is 2.36. The van der Waals surface area contributed by atoms with Crippen LogP contribution in [0.3, 0.4) is 0 Å². The quantitative estimate of drug-likeness (QED) is 0.619. The number of nitrogens with one attached hydrogen (secondary N) is 1. The molecule has 0 atom stereocenters. The van der Waals surface area contributed by atoms with E-state index < -0.39 is 27.1 Å². The van der Waals surface area contributed by atoms with Crippen LogP contribution in [0.2, 0.25) is 5.02 Å². The molecule has 3 rings (SSSR count). The number of hydrogen-bond acceptors (Lipinski definition) is 4. The van der Waals surface area contributed by atoms with Gasteiger partial charge in [-0.05, 0) is 55.2 Å². The van der Waals surface area contributed by atoms with Crippen LogP contribution in [-0.4, -0.2) is 37.2 Å². The lowest BCUT2D eigenvalue weighted by molar-refractivity contribution is -0.119. The Morgan fingerprint density at radius 3 is 2.52 bits per heavy atom. The number of hydrogen-bond donors (Lipinski definition) is 2. The van der Waals surface area contributed by atoms with E-state index in [9.17, 15) is 18.0 Å². The fourth-order valence-electron chi connectivity index (χ4n) is 3.75. The molecule has 2 N–H and O–H groups in total. The first-order valence-corrected chi connectivity index (χ1v) is 11.9. The number of halogens is 1. The Hall–Kier alpha value is -2.58. The second-order valence-corrected chi connectivity index (χ2v) is 10.2. The van der Waals surface area contributed by atoms with E-state index in [2.05, 4.69) is 5.32 Å². The van der Waals surface area contributed by atoms with Crippen LogP contribution in [0.15, 0.2) is 42.5 Å². The van der Waals surface area contributed by atoms with Crippen LogP contribution in [-0.2, 0) is 21.4 Å². The number of rotatable bonds is 8. The summed E-state index contributed by atoms with van der Waals surface area (Å²) in [6, 6.07) is 11.2. The molecule has 0 aliphatic heterocycles. The van der Waals surface area contributed by atoms with Crippen LogP contribution in [0, 0.1) is 6.92 Å². The minimum absolute atomic E-state index is 0.0891. The molecular formula is C22H25ClN2O5S. The summed E-state index contributed by atoms with van der Waals surface area (Å²) in [7, 11) is -3.75. The molecule has 0 heterocycles. The molecule has 2 aromatic carbocycles. The predicted octanol–water partition coefficient (Wildman–Crippen LogP) is 3.74. The highest BCUT2D eigenvalue weighted by atomic mass is 35.5. The van der Waals surface area contributed by atoms with Crippen molar-refractivity contribution in [3.63, 3.8) is 0 Å². The van der Waals surface area contributed by atoms with Crippen molar-refractivity contribution in [2.75, 3.05) is 10.8 Å². The molecule has 0 radical (unpaired) electrons. The van der Waals surface area contributed by atoms with Gasteiger partial charge in [-0.2, -0.15) is 0 Å². The van der Waals surface area contributed by atoms with E-state index in [-0.39, 0.29) is 18.7 Å². The van der Waals surface area contributed by atoms with Crippen molar-refractivity contribution in [2.45, 2.75) is 44.4 Å². The first kappa shape index (κ1) is 23.1. The molecule has 31 heavy (non-hydrogen) atoms. The van der Waals surface area contributed by atoms with Gasteiger partial charge in [0.1, 0.15) is 6.54 Å². The zero-order valence-electron chi connectivity index (χ0n) is 17.2. The number of amides is 1. The van der Waals surface area contributed by atoms with Crippen molar-refractivity contribution in [1.29, 1.82) is 0 Å². The molecule has 1 aliphatic carbocycles. The number of carbonyl (C=O) groups is 2. The van der Waals surface area contributed by atoms with E-state index >= 15 is 0 Å². The van der Waals surface area contributed by atoms with E-state index in [1.165, 1.54) is 12.1 Å². The molecule has 1 fully saturated rings. The normalized spacial score (nSPS) is 14.4. The van der Waals surface area contributed by atoms with Crippen molar-refractivity contribution >= 4 is 39.2 Å². The summed E-state index contributed by atoms with van der Waals surface area (Å²) < 4.78 is 27.9. The predicted molar refractivity (Wildman–Crippen MR) is 120 cm³/mol. The van der Waals surface area contributed by atoms with E-state index in [4.69, 9.17) is 16.7 Å². The molecule has 9 heteroatoms. The van der Waals surface area contributed by atoms with E-state index in [1.54, 1.807) is 37.3 Å². The Bertz CT molecular complexity index is 1080. The van der Waals surface area contributed by atoms with Gasteiger partial charge in [-0.3, -0.25) is 9.10 Å². The maximum Gasteiger partial charge on any atom is 0.335 e. The lowest BCUT2D eigenvalue weighted by Gasteiger charge is -2.28. The third kappa shape index (κ3) is 5.37. The molecule has 0 aromatic heterocycles. The van der Waals surface area contributed by atoms with Gasteiger partial charge in [0.15, 0.2) is 0 Å². The van der Waals surface area contributed by atoms with Gasteiger partial charge in [0.2, 0.25) is 15.9 Å². The Labute approximate surface area is 187 Å². The SMILES string of the molecule is Cc1c(Cl)cccc1N(CC(=O)NCc1cccc(C(=O)O)c1)S(=O)(=O)C1CCCC1. The van der Waals surface area contributed by atoms with Crippen LogP contribution in [0.1, 0.15) is 47.2 Å². The molecule has 1 aliphatic rings. The maximum absolute atomic E-state index is 13.4. The summed E-state index contributed by atoms with van der Waals surface area (Å²) in [4.78, 5) is 23.8. The molecule has 7 nitrogen and oxygen atoms in total. The highest BCUT2D eigenvalue weighted by Crippen LogP contribution is 2.33. The molecule has 0 bridgehead atoms. The molecule has 0 saturated heterocycles. The Kier molecular flexibility index (Phi) is 7.23. The number of sulfonamides is 1. The van der Waals surface area contributed by atoms with Crippen molar-refractivity contribution in [1.82, 2.24) is 5.32 Å². The summed E-state index contributed by atoms with van der Waals surface area (Å²) >= 11 is 6.22. The summed E-state index contributed by atoms with van der Waals surface area (Å²) in [5.74, 6) is -1.54. The molecule has 1 amide bonds. The molecule has 0 unspecified atom stereocenters. The number of benzene rings is 2. The van der Waals surface area contributed by atoms with Crippen molar-refractivity contribution in [2.24, 2.45) is 0 Å². The highest BCUT2D eigenvalue weighted by molar-refractivity contribution is 7.93. The van der Waals surface area contributed by atoms with Gasteiger partial charge in [0.05, 0.1) is 16.5 Å². The minimum atomic E-state index is -3.75. The van der Waals surface area contributed by atoms with Crippen LogP contribution in [0.25, 0.3) is 0 Å². The molecule has 166 valence electrons. The maximum atomic E-state index is 13.4. The summed E-state index contributed by atoms with van der Waals surface area (Å²) in [5.41, 5.74) is 1.71. The second-order valence-electron chi connectivity index (χ2n) is 7.62. The molecular weight excluding hydrogens is 440 g/mol. The van der Waals surface area contributed by atoms with Crippen LogP contribution in [0.4, 0.5) is 5.69 Å². The number of nitrogens with zero attached hydrogens (tertiary/aromatic N) is 1. The largest absolute Gasteiger partial charge is 0.478 e. The van der Waals surface area contributed by atoms with Gasteiger partial charge in [-0.15, -0.1) is 0 Å². The zero-order chi connectivity index (χ0) is 22.6. The fraction of sp³-hybridized carbons (Fsp3) is 0.364. The molecule has 2 aromatic rings. The first-order valence-electron chi connectivity index (χ1n) is 10.1. The zero-order valence-corrected chi connectivity index (χ0v) is 18.7. The van der Waals surface area contributed by atoms with Crippen molar-refractivity contribution in [3.8, 4) is 0 Å². The van der Waals surface area contributed by atoms with Gasteiger partial charge in [0.25, 0.3) is 0 Å². The third-order valence-electron chi connectivity index (χ3n) is 5.49. The first-order chi connectivity index (χ1) is 14.7. The van der Waals surface area contributed by atoms with Gasteiger partial charge >= 0.3 is 5.97 Å². The van der Waals surface area contributed by atoms with Gasteiger partial charge < -0.3 is 10.4 Å². The topological polar surface area (TPSA) is 104 Å². The lowest BCUT2D eigenvalue weighted by atomic mass is 10.1. The van der Waals surface area contributed by atoms with Crippen LogP contribution >= 0.6 is 11.6 Å². The Balaban J connectivity index is 1.81. The minimum Gasteiger partial charge on any atom is -0.478 e. The van der Waals surface area contributed by atoms with Gasteiger partial charge in [-0.1, -0.05) is 42.6 Å². The standard InChI is InChI=1S/C22H25ClN2O5S/c1-15-19(23)10-5-11-20(15)25(31(29,30)18-8-2-3-9-18)14-21(26)24-13-16-6-4-7-17(12-16)22(27)28/h4-7,10-12,18H,2-3,8-9,13-14H2,1H3,(H,24,26)(H,27,28). The van der Waals surface area contributed by atoms with Crippen LogP contribution in [0.5, 0.6) is 0 Å². The van der Waals surface area contributed by atoms with Gasteiger partial charge in [0, 0.05) is 11.6 Å². The number of carboxylic acid groups (broad SMARTS) is 1. The average molecular weight is 465 g/mol. The smallest absolute Gasteiger partial charge is 0.335 e.